The lowest BCUT2D eigenvalue weighted by molar-refractivity contribution is 0.0759. The largest absolute Gasteiger partial charge is 0.399 e. The molecule has 0 aromatic heterocycles. The van der Waals surface area contributed by atoms with E-state index >= 15 is 0 Å². The van der Waals surface area contributed by atoms with Crippen molar-refractivity contribution in [3.8, 4) is 0 Å². The van der Waals surface area contributed by atoms with E-state index in [9.17, 15) is 4.79 Å². The van der Waals surface area contributed by atoms with E-state index in [1.165, 1.54) is 12.8 Å². The molecular weight excluding hydrogens is 302 g/mol. The molecule has 2 N–H and O–H groups in total. The van der Waals surface area contributed by atoms with Gasteiger partial charge in [-0.3, -0.25) is 4.79 Å². The molecule has 1 aliphatic carbocycles. The molecule has 0 saturated heterocycles. The van der Waals surface area contributed by atoms with Crippen LogP contribution in [0.1, 0.15) is 56.3 Å². The minimum atomic E-state index is -0.146. The summed E-state index contributed by atoms with van der Waals surface area (Å²) in [5.41, 5.74) is 7.08. The zero-order chi connectivity index (χ0) is 14.0. The van der Waals surface area contributed by atoms with E-state index in [0.29, 0.717) is 17.4 Å². The average molecular weight is 324 g/mol. The molecule has 0 atom stereocenters. The van der Waals surface area contributed by atoms with E-state index in [1.54, 1.807) is 0 Å². The van der Waals surface area contributed by atoms with Crippen molar-refractivity contribution in [3.05, 3.63) is 28.2 Å². The summed E-state index contributed by atoms with van der Waals surface area (Å²) in [6.45, 7) is 4.40. The summed E-state index contributed by atoms with van der Waals surface area (Å²) in [6.07, 6.45) is 5.39. The highest BCUT2D eigenvalue weighted by Crippen LogP contribution is 2.46. The number of carbonyl (C=O) groups excluding carboxylic acids is 1. The second-order valence-electron chi connectivity index (χ2n) is 6.15. The molecule has 104 valence electrons. The average Bonchev–Trinajstić information content (AvgIpc) is 2.77. The van der Waals surface area contributed by atoms with Crippen molar-refractivity contribution in [1.29, 1.82) is 0 Å². The Morgan fingerprint density at radius 3 is 2.53 bits per heavy atom. The topological polar surface area (TPSA) is 43.1 Å². The summed E-state index contributed by atoms with van der Waals surface area (Å²) in [4.78, 5) is 13.0. The van der Waals surface area contributed by atoms with Gasteiger partial charge in [0.15, 0.2) is 5.78 Å². The van der Waals surface area contributed by atoms with E-state index in [1.807, 2.05) is 18.2 Å². The van der Waals surface area contributed by atoms with Gasteiger partial charge in [0.05, 0.1) is 0 Å². The van der Waals surface area contributed by atoms with Crippen molar-refractivity contribution in [2.45, 2.75) is 46.0 Å². The fourth-order valence-electron chi connectivity index (χ4n) is 3.36. The summed E-state index contributed by atoms with van der Waals surface area (Å²) in [6, 6.07) is 5.50. The van der Waals surface area contributed by atoms with Gasteiger partial charge in [-0.2, -0.15) is 0 Å². The van der Waals surface area contributed by atoms with Crippen molar-refractivity contribution >= 4 is 27.4 Å². The molecule has 19 heavy (non-hydrogen) atoms. The molecule has 2 rings (SSSR count). The minimum Gasteiger partial charge on any atom is -0.399 e. The number of anilines is 1. The molecule has 3 heteroatoms. The monoisotopic (exact) mass is 323 g/mol. The van der Waals surface area contributed by atoms with Crippen LogP contribution < -0.4 is 5.73 Å². The Balaban J connectivity index is 2.34. The highest BCUT2D eigenvalue weighted by Gasteiger charge is 2.42. The van der Waals surface area contributed by atoms with Crippen molar-refractivity contribution < 1.29 is 4.79 Å². The quantitative estimate of drug-likeness (QED) is 0.637. The van der Waals surface area contributed by atoms with Crippen LogP contribution in [0.15, 0.2) is 22.7 Å². The van der Waals surface area contributed by atoms with Gasteiger partial charge in [0, 0.05) is 21.1 Å². The van der Waals surface area contributed by atoms with Crippen molar-refractivity contribution in [2.24, 2.45) is 11.3 Å². The third kappa shape index (κ3) is 3.02. The Morgan fingerprint density at radius 1 is 1.37 bits per heavy atom. The number of Topliss-reactive ketones (excluding diaryl/α,β-unsaturated/α-hetero) is 1. The molecule has 1 aliphatic rings. The van der Waals surface area contributed by atoms with Gasteiger partial charge in [-0.25, -0.2) is 0 Å². The normalized spacial score (nSPS) is 17.9. The molecule has 0 amide bonds. The number of halogens is 1. The fourth-order valence-corrected chi connectivity index (χ4v) is 3.93. The lowest BCUT2D eigenvalue weighted by Crippen LogP contribution is -2.30. The summed E-state index contributed by atoms with van der Waals surface area (Å²) >= 11 is 3.48. The van der Waals surface area contributed by atoms with Crippen LogP contribution in [0.3, 0.4) is 0 Å². The summed E-state index contributed by atoms with van der Waals surface area (Å²) in [5.74, 6) is 0.847. The van der Waals surface area contributed by atoms with Gasteiger partial charge in [-0.1, -0.05) is 26.7 Å². The maximum absolute atomic E-state index is 13.0. The van der Waals surface area contributed by atoms with E-state index in [4.69, 9.17) is 5.73 Å². The molecule has 0 heterocycles. The van der Waals surface area contributed by atoms with E-state index in [2.05, 4.69) is 29.8 Å². The van der Waals surface area contributed by atoms with Gasteiger partial charge in [-0.05, 0) is 59.3 Å². The number of rotatable bonds is 4. The van der Waals surface area contributed by atoms with Gasteiger partial charge in [0.2, 0.25) is 0 Å². The van der Waals surface area contributed by atoms with Crippen LogP contribution in [0.4, 0.5) is 5.69 Å². The molecule has 1 aromatic rings. The predicted octanol–water partition coefficient (Wildman–Crippen LogP) is 4.82. The lowest BCUT2D eigenvalue weighted by atomic mass is 9.73. The SMILES string of the molecule is CC(C)CC1(C(=O)c2ccc(N)cc2Br)CCCC1. The fraction of sp³-hybridized carbons (Fsp3) is 0.562. The number of hydrogen-bond donors (Lipinski definition) is 1. The number of hydrogen-bond acceptors (Lipinski definition) is 2. The number of benzene rings is 1. The second-order valence-corrected chi connectivity index (χ2v) is 7.01. The van der Waals surface area contributed by atoms with Crippen molar-refractivity contribution in [3.63, 3.8) is 0 Å². The molecule has 2 nitrogen and oxygen atoms in total. The summed E-state index contributed by atoms with van der Waals surface area (Å²) < 4.78 is 0.826. The lowest BCUT2D eigenvalue weighted by Gasteiger charge is -2.29. The Hall–Kier alpha value is -0.830. The zero-order valence-corrected chi connectivity index (χ0v) is 13.3. The van der Waals surface area contributed by atoms with E-state index < -0.39 is 0 Å². The second kappa shape index (κ2) is 5.66. The van der Waals surface area contributed by atoms with Crippen LogP contribution in [0, 0.1) is 11.3 Å². The van der Waals surface area contributed by atoms with Gasteiger partial charge >= 0.3 is 0 Å². The molecule has 1 aromatic carbocycles. The van der Waals surface area contributed by atoms with Gasteiger partial charge < -0.3 is 5.73 Å². The standard InChI is InChI=1S/C16H22BrNO/c1-11(2)10-16(7-3-4-8-16)15(19)13-6-5-12(18)9-14(13)17/h5-6,9,11H,3-4,7-8,10,18H2,1-2H3. The Labute approximate surface area is 123 Å². The summed E-state index contributed by atoms with van der Waals surface area (Å²) in [5, 5.41) is 0. The van der Waals surface area contributed by atoms with Gasteiger partial charge in [-0.15, -0.1) is 0 Å². The molecule has 1 fully saturated rings. The predicted molar refractivity (Wildman–Crippen MR) is 83.2 cm³/mol. The first-order chi connectivity index (χ1) is 8.94. The first kappa shape index (κ1) is 14.6. The Morgan fingerprint density at radius 2 is 2.00 bits per heavy atom. The number of nitrogen functional groups attached to an aromatic ring is 1. The number of carbonyl (C=O) groups is 1. The molecular formula is C16H22BrNO. The molecule has 0 bridgehead atoms. The van der Waals surface area contributed by atoms with Crippen LogP contribution in [-0.2, 0) is 0 Å². The zero-order valence-electron chi connectivity index (χ0n) is 11.7. The third-order valence-electron chi connectivity index (χ3n) is 4.08. The van der Waals surface area contributed by atoms with Crippen LogP contribution in [0.5, 0.6) is 0 Å². The van der Waals surface area contributed by atoms with Crippen molar-refractivity contribution in [1.82, 2.24) is 0 Å². The van der Waals surface area contributed by atoms with E-state index in [0.717, 1.165) is 29.3 Å². The maximum Gasteiger partial charge on any atom is 0.170 e. The van der Waals surface area contributed by atoms with Crippen LogP contribution >= 0.6 is 15.9 Å². The summed E-state index contributed by atoms with van der Waals surface area (Å²) in [7, 11) is 0. The highest BCUT2D eigenvalue weighted by atomic mass is 79.9. The molecule has 0 spiro atoms. The Kier molecular flexibility index (Phi) is 4.34. The minimum absolute atomic E-state index is 0.146. The number of nitrogens with two attached hydrogens (primary N) is 1. The van der Waals surface area contributed by atoms with Gasteiger partial charge in [0.25, 0.3) is 0 Å². The first-order valence-electron chi connectivity index (χ1n) is 7.04. The number of ketones is 1. The van der Waals surface area contributed by atoms with Gasteiger partial charge in [0.1, 0.15) is 0 Å². The van der Waals surface area contributed by atoms with Crippen molar-refractivity contribution in [2.75, 3.05) is 5.73 Å². The molecule has 0 radical (unpaired) electrons. The maximum atomic E-state index is 13.0. The third-order valence-corrected chi connectivity index (χ3v) is 4.74. The molecule has 1 saturated carbocycles. The first-order valence-corrected chi connectivity index (χ1v) is 7.84. The molecule has 0 unspecified atom stereocenters. The van der Waals surface area contributed by atoms with Crippen LogP contribution in [0.25, 0.3) is 0 Å². The smallest absolute Gasteiger partial charge is 0.170 e. The Bertz CT molecular complexity index is 476. The highest BCUT2D eigenvalue weighted by molar-refractivity contribution is 9.10. The van der Waals surface area contributed by atoms with Crippen LogP contribution in [0.2, 0.25) is 0 Å². The molecule has 0 aliphatic heterocycles. The van der Waals surface area contributed by atoms with Crippen LogP contribution in [-0.4, -0.2) is 5.78 Å². The van der Waals surface area contributed by atoms with E-state index in [-0.39, 0.29) is 5.41 Å².